The summed E-state index contributed by atoms with van der Waals surface area (Å²) in [6.45, 7) is 6.56. The van der Waals surface area contributed by atoms with Gasteiger partial charge in [0.05, 0.1) is 0 Å². The van der Waals surface area contributed by atoms with Crippen molar-refractivity contribution < 1.29 is 0 Å². The lowest BCUT2D eigenvalue weighted by Crippen LogP contribution is -1.92. The Morgan fingerprint density at radius 1 is 0.429 bits per heavy atom. The third kappa shape index (κ3) is 2.50. The van der Waals surface area contributed by atoms with Gasteiger partial charge in [-0.2, -0.15) is 0 Å². The first-order chi connectivity index (χ1) is 10.2. The molecule has 0 heterocycles. The van der Waals surface area contributed by atoms with Crippen molar-refractivity contribution in [3.63, 3.8) is 0 Å². The van der Waals surface area contributed by atoms with E-state index in [-0.39, 0.29) is 0 Å². The highest BCUT2D eigenvalue weighted by Crippen LogP contribution is 2.37. The van der Waals surface area contributed by atoms with E-state index in [1.54, 1.807) is 0 Å². The number of hydrogen-bond donors (Lipinski definition) is 0. The summed E-state index contributed by atoms with van der Waals surface area (Å²) < 4.78 is 0. The fraction of sp³-hybridized carbons (Fsp3) is 0.143. The van der Waals surface area contributed by atoms with Gasteiger partial charge in [-0.1, -0.05) is 66.7 Å². The first-order valence-corrected chi connectivity index (χ1v) is 7.40. The van der Waals surface area contributed by atoms with E-state index in [4.69, 9.17) is 0 Å². The van der Waals surface area contributed by atoms with Crippen LogP contribution in [0.3, 0.4) is 0 Å². The highest BCUT2D eigenvalue weighted by molar-refractivity contribution is 5.87. The van der Waals surface area contributed by atoms with Crippen molar-refractivity contribution in [1.82, 2.24) is 0 Å². The lowest BCUT2D eigenvalue weighted by atomic mass is 9.87. The van der Waals surface area contributed by atoms with Gasteiger partial charge >= 0.3 is 0 Å². The van der Waals surface area contributed by atoms with Crippen LogP contribution in [0.25, 0.3) is 22.3 Å². The molecule has 0 aliphatic rings. The predicted molar refractivity (Wildman–Crippen MR) is 91.5 cm³/mol. The molecule has 0 aliphatic heterocycles. The molecule has 0 unspecified atom stereocenters. The van der Waals surface area contributed by atoms with E-state index in [2.05, 4.69) is 87.5 Å². The van der Waals surface area contributed by atoms with Crippen molar-refractivity contribution >= 4 is 0 Å². The van der Waals surface area contributed by atoms with Gasteiger partial charge in [0.15, 0.2) is 0 Å². The number of hydrogen-bond acceptors (Lipinski definition) is 0. The van der Waals surface area contributed by atoms with E-state index in [1.807, 2.05) is 0 Å². The average molecular weight is 272 g/mol. The summed E-state index contributed by atoms with van der Waals surface area (Å²) in [6, 6.07) is 23.8. The molecule has 104 valence electrons. The molecule has 0 amide bonds. The Morgan fingerprint density at radius 3 is 1.52 bits per heavy atom. The lowest BCUT2D eigenvalue weighted by Gasteiger charge is -2.16. The van der Waals surface area contributed by atoms with Crippen LogP contribution >= 0.6 is 0 Å². The van der Waals surface area contributed by atoms with Gasteiger partial charge in [0.2, 0.25) is 0 Å². The second-order valence-corrected chi connectivity index (χ2v) is 5.63. The molecule has 0 bridgehead atoms. The van der Waals surface area contributed by atoms with Gasteiger partial charge in [0.25, 0.3) is 0 Å². The minimum atomic E-state index is 1.32. The van der Waals surface area contributed by atoms with E-state index >= 15 is 0 Å². The minimum absolute atomic E-state index is 1.32. The number of benzene rings is 3. The summed E-state index contributed by atoms with van der Waals surface area (Å²) in [7, 11) is 0. The molecule has 0 saturated carbocycles. The molecule has 0 spiro atoms. The van der Waals surface area contributed by atoms with E-state index in [1.165, 1.54) is 38.9 Å². The molecule has 0 radical (unpaired) electrons. The first kappa shape index (κ1) is 13.6. The van der Waals surface area contributed by atoms with E-state index < -0.39 is 0 Å². The van der Waals surface area contributed by atoms with E-state index in [9.17, 15) is 0 Å². The van der Waals surface area contributed by atoms with E-state index in [0.29, 0.717) is 0 Å². The lowest BCUT2D eigenvalue weighted by molar-refractivity contribution is 1.39. The molecule has 0 nitrogen and oxygen atoms in total. The van der Waals surface area contributed by atoms with Crippen molar-refractivity contribution in [1.29, 1.82) is 0 Å². The van der Waals surface area contributed by atoms with Crippen LogP contribution in [0, 0.1) is 20.8 Å². The van der Waals surface area contributed by atoms with Crippen molar-refractivity contribution in [3.05, 3.63) is 83.4 Å². The third-order valence-corrected chi connectivity index (χ3v) is 4.12. The molecule has 3 aromatic rings. The normalized spacial score (nSPS) is 10.6. The summed E-state index contributed by atoms with van der Waals surface area (Å²) in [5.41, 5.74) is 9.28. The second kappa shape index (κ2) is 5.57. The number of aryl methyl sites for hydroxylation is 3. The summed E-state index contributed by atoms with van der Waals surface area (Å²) >= 11 is 0. The molecule has 0 aromatic heterocycles. The van der Waals surface area contributed by atoms with Gasteiger partial charge in [0.1, 0.15) is 0 Å². The maximum absolute atomic E-state index is 2.23. The van der Waals surface area contributed by atoms with Crippen LogP contribution in [0.2, 0.25) is 0 Å². The molecule has 3 aromatic carbocycles. The molecular formula is C21H20. The Labute approximate surface area is 127 Å². The van der Waals surface area contributed by atoms with Gasteiger partial charge < -0.3 is 0 Å². The highest BCUT2D eigenvalue weighted by atomic mass is 14.2. The van der Waals surface area contributed by atoms with Crippen molar-refractivity contribution in [2.75, 3.05) is 0 Å². The van der Waals surface area contributed by atoms with Crippen LogP contribution in [0.1, 0.15) is 16.7 Å². The van der Waals surface area contributed by atoms with Gasteiger partial charge in [0, 0.05) is 0 Å². The zero-order valence-corrected chi connectivity index (χ0v) is 12.9. The van der Waals surface area contributed by atoms with Crippen LogP contribution in [0.15, 0.2) is 66.7 Å². The first-order valence-electron chi connectivity index (χ1n) is 7.40. The fourth-order valence-corrected chi connectivity index (χ4v) is 2.98. The molecule has 0 atom stereocenters. The predicted octanol–water partition coefficient (Wildman–Crippen LogP) is 5.95. The molecule has 21 heavy (non-hydrogen) atoms. The molecule has 0 heteroatoms. The van der Waals surface area contributed by atoms with Crippen molar-refractivity contribution in [3.8, 4) is 22.3 Å². The van der Waals surface area contributed by atoms with Gasteiger partial charge in [-0.25, -0.2) is 0 Å². The summed E-state index contributed by atoms with van der Waals surface area (Å²) in [6.07, 6.45) is 0. The van der Waals surface area contributed by atoms with Crippen LogP contribution < -0.4 is 0 Å². The highest BCUT2D eigenvalue weighted by Gasteiger charge is 2.12. The van der Waals surface area contributed by atoms with Crippen LogP contribution in [0.5, 0.6) is 0 Å². The fourth-order valence-electron chi connectivity index (χ4n) is 2.98. The zero-order valence-electron chi connectivity index (χ0n) is 12.9. The van der Waals surface area contributed by atoms with Crippen LogP contribution in [0.4, 0.5) is 0 Å². The average Bonchev–Trinajstić information content (AvgIpc) is 2.49. The van der Waals surface area contributed by atoms with Gasteiger partial charge in [-0.3, -0.25) is 0 Å². The summed E-state index contributed by atoms with van der Waals surface area (Å²) in [5.74, 6) is 0. The maximum Gasteiger partial charge on any atom is -0.00734 e. The third-order valence-electron chi connectivity index (χ3n) is 4.12. The van der Waals surface area contributed by atoms with Crippen molar-refractivity contribution in [2.45, 2.75) is 20.8 Å². The van der Waals surface area contributed by atoms with Crippen molar-refractivity contribution in [2.24, 2.45) is 0 Å². The Bertz CT molecular complexity index is 782. The number of rotatable bonds is 2. The van der Waals surface area contributed by atoms with E-state index in [0.717, 1.165) is 0 Å². The van der Waals surface area contributed by atoms with Gasteiger partial charge in [-0.05, 0) is 59.7 Å². The molecule has 3 rings (SSSR count). The Hall–Kier alpha value is -2.34. The zero-order chi connectivity index (χ0) is 14.8. The van der Waals surface area contributed by atoms with Crippen LogP contribution in [-0.4, -0.2) is 0 Å². The summed E-state index contributed by atoms with van der Waals surface area (Å²) in [4.78, 5) is 0. The quantitative estimate of drug-likeness (QED) is 0.541. The molecular weight excluding hydrogens is 252 g/mol. The molecule has 0 saturated heterocycles. The van der Waals surface area contributed by atoms with Gasteiger partial charge in [-0.15, -0.1) is 0 Å². The SMILES string of the molecule is Cc1ccccc1-c1cccc(C)c1-c1ccccc1C. The Kier molecular flexibility index (Phi) is 3.62. The molecule has 0 N–H and O–H groups in total. The summed E-state index contributed by atoms with van der Waals surface area (Å²) in [5, 5.41) is 0. The largest absolute Gasteiger partial charge is 0.0620 e. The Balaban J connectivity index is 2.32. The standard InChI is InChI=1S/C21H20/c1-15-9-4-6-12-18(15)20-14-8-11-17(3)21(20)19-13-7-5-10-16(19)2/h4-14H,1-3H3. The topological polar surface area (TPSA) is 0 Å². The Morgan fingerprint density at radius 2 is 0.905 bits per heavy atom. The van der Waals surface area contributed by atoms with Crippen LogP contribution in [-0.2, 0) is 0 Å². The monoisotopic (exact) mass is 272 g/mol. The smallest absolute Gasteiger partial charge is 0.00734 e. The second-order valence-electron chi connectivity index (χ2n) is 5.63. The minimum Gasteiger partial charge on any atom is -0.0620 e. The molecule has 0 aliphatic carbocycles. The molecule has 0 fully saturated rings. The maximum atomic E-state index is 2.23.